The first-order valence-electron chi connectivity index (χ1n) is 5.58. The molecule has 0 radical (unpaired) electrons. The van der Waals surface area contributed by atoms with Crippen LogP contribution < -0.4 is 0 Å². The number of aromatic nitrogens is 1. The predicted molar refractivity (Wildman–Crippen MR) is 80.4 cm³/mol. The van der Waals surface area contributed by atoms with Crippen LogP contribution >= 0.6 is 34.2 Å². The summed E-state index contributed by atoms with van der Waals surface area (Å²) in [6, 6.07) is 8.62. The summed E-state index contributed by atoms with van der Waals surface area (Å²) in [6.07, 6.45) is 3.51. The molecule has 4 heteroatoms. The van der Waals surface area contributed by atoms with Crippen molar-refractivity contribution in [2.24, 2.45) is 0 Å². The minimum Gasteiger partial charge on any atom is -0.265 e. The minimum atomic E-state index is -0.233. The molecule has 2 rings (SSSR count). The van der Waals surface area contributed by atoms with Gasteiger partial charge in [-0.1, -0.05) is 13.0 Å². The number of benzene rings is 1. The summed E-state index contributed by atoms with van der Waals surface area (Å²) >= 11 is 8.62. The zero-order valence-corrected chi connectivity index (χ0v) is 12.7. The van der Waals surface area contributed by atoms with Gasteiger partial charge in [-0.25, -0.2) is 4.39 Å². The summed E-state index contributed by atoms with van der Waals surface area (Å²) in [5, 5.41) is -0.181. The van der Waals surface area contributed by atoms with Crippen molar-refractivity contribution in [3.8, 4) is 0 Å². The van der Waals surface area contributed by atoms with Crippen LogP contribution in [0.5, 0.6) is 0 Å². The molecular formula is C14H12ClFIN. The molecular weight excluding hydrogens is 364 g/mol. The largest absolute Gasteiger partial charge is 0.265 e. The van der Waals surface area contributed by atoms with Gasteiger partial charge in [0, 0.05) is 21.9 Å². The summed E-state index contributed by atoms with van der Waals surface area (Å²) in [4.78, 5) is 3.99. The quantitative estimate of drug-likeness (QED) is 0.549. The van der Waals surface area contributed by atoms with Crippen LogP contribution in [0.25, 0.3) is 0 Å². The van der Waals surface area contributed by atoms with E-state index in [-0.39, 0.29) is 17.1 Å². The van der Waals surface area contributed by atoms with Crippen LogP contribution in [0.3, 0.4) is 0 Å². The van der Waals surface area contributed by atoms with Gasteiger partial charge in [0.05, 0.1) is 5.38 Å². The molecule has 0 bridgehead atoms. The Labute approximate surface area is 125 Å². The fourth-order valence-corrected chi connectivity index (χ4v) is 3.16. The van der Waals surface area contributed by atoms with Gasteiger partial charge in [-0.05, 0) is 58.0 Å². The monoisotopic (exact) mass is 375 g/mol. The second-order valence-electron chi connectivity index (χ2n) is 4.14. The van der Waals surface area contributed by atoms with E-state index < -0.39 is 0 Å². The Kier molecular flexibility index (Phi) is 4.56. The number of pyridine rings is 1. The lowest BCUT2D eigenvalue weighted by atomic mass is 9.94. The normalized spacial score (nSPS) is 14.2. The van der Waals surface area contributed by atoms with Gasteiger partial charge >= 0.3 is 0 Å². The highest BCUT2D eigenvalue weighted by molar-refractivity contribution is 14.1. The van der Waals surface area contributed by atoms with Gasteiger partial charge in [0.15, 0.2) is 0 Å². The maximum absolute atomic E-state index is 13.1. The average molecular weight is 376 g/mol. The van der Waals surface area contributed by atoms with E-state index in [9.17, 15) is 4.39 Å². The van der Waals surface area contributed by atoms with Gasteiger partial charge < -0.3 is 0 Å². The molecule has 1 heterocycles. The van der Waals surface area contributed by atoms with E-state index >= 15 is 0 Å². The molecule has 0 aliphatic rings. The summed E-state index contributed by atoms with van der Waals surface area (Å²) in [5.41, 5.74) is 2.09. The van der Waals surface area contributed by atoms with Crippen LogP contribution in [0, 0.1) is 9.39 Å². The first-order valence-corrected chi connectivity index (χ1v) is 7.10. The second kappa shape index (κ2) is 5.97. The highest BCUT2D eigenvalue weighted by Crippen LogP contribution is 2.37. The molecule has 18 heavy (non-hydrogen) atoms. The zero-order chi connectivity index (χ0) is 13.1. The molecule has 2 aromatic rings. The second-order valence-corrected chi connectivity index (χ2v) is 5.77. The molecule has 0 saturated carbocycles. The van der Waals surface area contributed by atoms with Crippen molar-refractivity contribution in [1.82, 2.24) is 4.98 Å². The van der Waals surface area contributed by atoms with Crippen LogP contribution in [-0.2, 0) is 0 Å². The first kappa shape index (κ1) is 13.7. The van der Waals surface area contributed by atoms with E-state index in [1.807, 2.05) is 12.1 Å². The third-order valence-electron chi connectivity index (χ3n) is 2.93. The number of nitrogens with zero attached hydrogens (tertiary/aromatic N) is 1. The van der Waals surface area contributed by atoms with E-state index in [0.29, 0.717) is 0 Å². The van der Waals surface area contributed by atoms with Gasteiger partial charge in [-0.3, -0.25) is 4.98 Å². The SMILES string of the molecule is CC(c1ccncc1)C(Cl)c1ccc(F)cc1I. The number of hydrogen-bond donors (Lipinski definition) is 0. The van der Waals surface area contributed by atoms with Gasteiger partial charge in [0.1, 0.15) is 5.82 Å². The van der Waals surface area contributed by atoms with Crippen LogP contribution in [0.4, 0.5) is 4.39 Å². The highest BCUT2D eigenvalue weighted by Gasteiger charge is 2.20. The average Bonchev–Trinajstić information content (AvgIpc) is 2.38. The standard InChI is InChI=1S/C14H12ClFIN/c1-9(10-4-6-18-7-5-10)14(15)12-3-2-11(16)8-13(12)17/h2-9,14H,1H3. The molecule has 0 amide bonds. The molecule has 2 unspecified atom stereocenters. The molecule has 1 nitrogen and oxygen atoms in total. The minimum absolute atomic E-state index is 0.147. The molecule has 1 aromatic carbocycles. The number of hydrogen-bond acceptors (Lipinski definition) is 1. The summed E-state index contributed by atoms with van der Waals surface area (Å²) in [7, 11) is 0. The Bertz CT molecular complexity index is 533. The van der Waals surface area contributed by atoms with Crippen LogP contribution in [-0.4, -0.2) is 4.98 Å². The Balaban J connectivity index is 2.28. The van der Waals surface area contributed by atoms with Crippen LogP contribution in [0.15, 0.2) is 42.7 Å². The van der Waals surface area contributed by atoms with Gasteiger partial charge in [-0.2, -0.15) is 0 Å². The van der Waals surface area contributed by atoms with Crippen molar-refractivity contribution < 1.29 is 4.39 Å². The van der Waals surface area contributed by atoms with E-state index in [1.165, 1.54) is 12.1 Å². The molecule has 0 aliphatic heterocycles. The van der Waals surface area contributed by atoms with Crippen LogP contribution in [0.2, 0.25) is 0 Å². The van der Waals surface area contributed by atoms with E-state index in [1.54, 1.807) is 18.5 Å². The van der Waals surface area contributed by atoms with E-state index in [4.69, 9.17) is 11.6 Å². The molecule has 0 spiro atoms. The smallest absolute Gasteiger partial charge is 0.124 e. The van der Waals surface area contributed by atoms with Crippen LogP contribution in [0.1, 0.15) is 29.3 Å². The molecule has 2 atom stereocenters. The molecule has 0 saturated heterocycles. The topological polar surface area (TPSA) is 12.9 Å². The van der Waals surface area contributed by atoms with Gasteiger partial charge in [0.25, 0.3) is 0 Å². The van der Waals surface area contributed by atoms with Crippen molar-refractivity contribution in [2.75, 3.05) is 0 Å². The summed E-state index contributed by atoms with van der Waals surface area (Å²) in [6.45, 7) is 2.06. The Morgan fingerprint density at radius 1 is 1.22 bits per heavy atom. The third kappa shape index (κ3) is 3.01. The van der Waals surface area contributed by atoms with Crippen molar-refractivity contribution in [3.63, 3.8) is 0 Å². The molecule has 0 N–H and O–H groups in total. The van der Waals surface area contributed by atoms with Crippen molar-refractivity contribution in [2.45, 2.75) is 18.2 Å². The maximum atomic E-state index is 13.1. The van der Waals surface area contributed by atoms with E-state index in [0.717, 1.165) is 14.7 Å². The Morgan fingerprint density at radius 2 is 1.89 bits per heavy atom. The number of halogens is 3. The summed E-state index contributed by atoms with van der Waals surface area (Å²) in [5.74, 6) is -0.0859. The Hall–Kier alpha value is -0.680. The van der Waals surface area contributed by atoms with Crippen molar-refractivity contribution >= 4 is 34.2 Å². The first-order chi connectivity index (χ1) is 8.59. The maximum Gasteiger partial charge on any atom is 0.124 e. The molecule has 1 aromatic heterocycles. The van der Waals surface area contributed by atoms with E-state index in [2.05, 4.69) is 34.5 Å². The summed E-state index contributed by atoms with van der Waals surface area (Å²) < 4.78 is 13.9. The van der Waals surface area contributed by atoms with Crippen molar-refractivity contribution in [3.05, 3.63) is 63.2 Å². The van der Waals surface area contributed by atoms with Gasteiger partial charge in [0.2, 0.25) is 0 Å². The Morgan fingerprint density at radius 3 is 2.50 bits per heavy atom. The van der Waals surface area contributed by atoms with Gasteiger partial charge in [-0.15, -0.1) is 11.6 Å². The number of alkyl halides is 1. The fraction of sp³-hybridized carbons (Fsp3) is 0.214. The zero-order valence-electron chi connectivity index (χ0n) is 9.78. The third-order valence-corrected chi connectivity index (χ3v) is 4.48. The lowest BCUT2D eigenvalue weighted by molar-refractivity contribution is 0.624. The predicted octanol–water partition coefficient (Wildman–Crippen LogP) is 4.91. The fourth-order valence-electron chi connectivity index (χ4n) is 1.83. The lowest BCUT2D eigenvalue weighted by Crippen LogP contribution is -2.04. The number of rotatable bonds is 3. The highest BCUT2D eigenvalue weighted by atomic mass is 127. The molecule has 94 valence electrons. The van der Waals surface area contributed by atoms with Crippen molar-refractivity contribution in [1.29, 1.82) is 0 Å². The lowest BCUT2D eigenvalue weighted by Gasteiger charge is -2.19. The molecule has 0 aliphatic carbocycles. The molecule has 0 fully saturated rings.